The van der Waals surface area contributed by atoms with Gasteiger partial charge in [-0.1, -0.05) is 6.07 Å². The summed E-state index contributed by atoms with van der Waals surface area (Å²) in [6, 6.07) is 14.8. The molecule has 2 aromatic rings. The Balaban J connectivity index is 1.31. The molecule has 1 fully saturated rings. The van der Waals surface area contributed by atoms with E-state index in [1.54, 1.807) is 30.5 Å². The number of fused-ring (bicyclic) bond motifs is 1. The molecule has 0 unspecified atom stereocenters. The Hall–Kier alpha value is -3.70. The Kier molecular flexibility index (Phi) is 5.72. The molecule has 0 aromatic heterocycles. The third-order valence-electron chi connectivity index (χ3n) is 5.10. The fraction of sp³-hybridized carbons (Fsp3) is 0.273. The maximum atomic E-state index is 12.4. The van der Waals surface area contributed by atoms with Crippen LogP contribution in [-0.2, 0) is 11.3 Å². The quantitative estimate of drug-likeness (QED) is 0.446. The van der Waals surface area contributed by atoms with Gasteiger partial charge in [0, 0.05) is 50.3 Å². The summed E-state index contributed by atoms with van der Waals surface area (Å²) in [6.45, 7) is 4.25. The molecule has 0 saturated carbocycles. The number of nitrogen functional groups attached to an aromatic ring is 1. The maximum Gasteiger partial charge on any atom is 0.267 e. The second kappa shape index (κ2) is 8.76. The second-order valence-electron chi connectivity index (χ2n) is 7.23. The van der Waals surface area contributed by atoms with Gasteiger partial charge in [0.15, 0.2) is 11.5 Å². The van der Waals surface area contributed by atoms with E-state index in [0.717, 1.165) is 44.2 Å². The predicted octanol–water partition coefficient (Wildman–Crippen LogP) is 2.16. The first kappa shape index (κ1) is 19.6. The van der Waals surface area contributed by atoms with E-state index in [2.05, 4.69) is 16.3 Å². The zero-order valence-corrected chi connectivity index (χ0v) is 16.5. The molecule has 8 nitrogen and oxygen atoms in total. The molecule has 0 spiro atoms. The minimum Gasteiger partial charge on any atom is -0.454 e. The Morgan fingerprint density at radius 1 is 1.10 bits per heavy atom. The number of carbonyl (C=O) groups excluding carboxylic acids is 1. The summed E-state index contributed by atoms with van der Waals surface area (Å²) in [5.41, 5.74) is 8.12. The number of nitriles is 1. The van der Waals surface area contributed by atoms with Gasteiger partial charge >= 0.3 is 0 Å². The molecule has 3 N–H and O–H groups in total. The fourth-order valence-electron chi connectivity index (χ4n) is 3.43. The summed E-state index contributed by atoms with van der Waals surface area (Å²) in [4.78, 5) is 16.8. The van der Waals surface area contributed by atoms with Crippen LogP contribution in [0.15, 0.2) is 54.2 Å². The Morgan fingerprint density at radius 3 is 2.57 bits per heavy atom. The number of piperazine rings is 1. The Labute approximate surface area is 175 Å². The van der Waals surface area contributed by atoms with Gasteiger partial charge in [-0.2, -0.15) is 5.26 Å². The third kappa shape index (κ3) is 4.64. The molecule has 0 radical (unpaired) electrons. The Bertz CT molecular complexity index is 989. The molecule has 2 heterocycles. The van der Waals surface area contributed by atoms with Crippen LogP contribution < -0.4 is 20.5 Å². The molecule has 30 heavy (non-hydrogen) atoms. The van der Waals surface area contributed by atoms with E-state index < -0.39 is 5.91 Å². The van der Waals surface area contributed by atoms with Crippen molar-refractivity contribution in [1.29, 1.82) is 5.26 Å². The highest BCUT2D eigenvalue weighted by Crippen LogP contribution is 2.32. The van der Waals surface area contributed by atoms with Crippen molar-refractivity contribution in [2.24, 2.45) is 0 Å². The highest BCUT2D eigenvalue weighted by atomic mass is 16.7. The summed E-state index contributed by atoms with van der Waals surface area (Å²) < 4.78 is 10.8. The zero-order valence-electron chi connectivity index (χ0n) is 16.5. The van der Waals surface area contributed by atoms with E-state index in [1.807, 2.05) is 23.1 Å². The molecule has 154 valence electrons. The van der Waals surface area contributed by atoms with Crippen molar-refractivity contribution in [2.75, 3.05) is 44.0 Å². The highest BCUT2D eigenvalue weighted by molar-refractivity contribution is 6.06. The van der Waals surface area contributed by atoms with Crippen molar-refractivity contribution in [3.05, 3.63) is 59.8 Å². The van der Waals surface area contributed by atoms with E-state index in [4.69, 9.17) is 15.2 Å². The second-order valence-corrected chi connectivity index (χ2v) is 7.23. The summed E-state index contributed by atoms with van der Waals surface area (Å²) in [7, 11) is 0. The number of hydrogen-bond acceptors (Lipinski definition) is 7. The van der Waals surface area contributed by atoms with Gasteiger partial charge in [0.1, 0.15) is 11.6 Å². The average Bonchev–Trinajstić information content (AvgIpc) is 3.22. The maximum absolute atomic E-state index is 12.4. The first-order valence-electron chi connectivity index (χ1n) is 9.74. The van der Waals surface area contributed by atoms with Crippen molar-refractivity contribution in [1.82, 2.24) is 9.80 Å². The normalized spacial score (nSPS) is 16.2. The van der Waals surface area contributed by atoms with Gasteiger partial charge < -0.3 is 25.4 Å². The standard InChI is InChI=1S/C22H23N5O3/c23-12-17(22(28)25-19-4-2-18(24)3-5-19)14-27-9-7-26(8-10-27)13-16-1-6-20-21(11-16)30-15-29-20/h1-6,11,14H,7-10,13,15,24H2,(H,25,28)/b17-14-. The molecule has 0 atom stereocenters. The van der Waals surface area contributed by atoms with E-state index in [1.165, 1.54) is 5.56 Å². The van der Waals surface area contributed by atoms with Gasteiger partial charge in [-0.05, 0) is 42.0 Å². The molecule has 2 aromatic carbocycles. The van der Waals surface area contributed by atoms with Crippen LogP contribution in [0.25, 0.3) is 0 Å². The molecule has 0 bridgehead atoms. The summed E-state index contributed by atoms with van der Waals surface area (Å²) in [5, 5.41) is 12.1. The van der Waals surface area contributed by atoms with Crippen molar-refractivity contribution in [3.8, 4) is 17.6 Å². The van der Waals surface area contributed by atoms with Gasteiger partial charge in [0.05, 0.1) is 0 Å². The summed E-state index contributed by atoms with van der Waals surface area (Å²) >= 11 is 0. The minimum atomic E-state index is -0.426. The molecule has 2 aliphatic heterocycles. The number of nitrogens with zero attached hydrogens (tertiary/aromatic N) is 3. The topological polar surface area (TPSA) is 104 Å². The molecule has 8 heteroatoms. The zero-order chi connectivity index (χ0) is 20.9. The summed E-state index contributed by atoms with van der Waals surface area (Å²) in [6.07, 6.45) is 1.64. The molecule has 1 amide bonds. The smallest absolute Gasteiger partial charge is 0.267 e. The first-order chi connectivity index (χ1) is 14.6. The van der Waals surface area contributed by atoms with E-state index in [9.17, 15) is 10.1 Å². The van der Waals surface area contributed by atoms with Crippen molar-refractivity contribution >= 4 is 17.3 Å². The minimum absolute atomic E-state index is 0.0797. The molecule has 0 aliphatic carbocycles. The summed E-state index contributed by atoms with van der Waals surface area (Å²) in [5.74, 6) is 1.15. The first-order valence-corrected chi connectivity index (χ1v) is 9.74. The van der Waals surface area contributed by atoms with Crippen molar-refractivity contribution in [3.63, 3.8) is 0 Å². The number of nitrogens with one attached hydrogen (secondary N) is 1. The van der Waals surface area contributed by atoms with E-state index in [-0.39, 0.29) is 12.4 Å². The van der Waals surface area contributed by atoms with Crippen LogP contribution in [0.4, 0.5) is 11.4 Å². The van der Waals surface area contributed by atoms with Crippen LogP contribution in [-0.4, -0.2) is 48.7 Å². The number of benzene rings is 2. The van der Waals surface area contributed by atoms with Gasteiger partial charge in [-0.25, -0.2) is 0 Å². The number of ether oxygens (including phenoxy) is 2. The number of hydrogen-bond donors (Lipinski definition) is 2. The molecular weight excluding hydrogens is 382 g/mol. The van der Waals surface area contributed by atoms with Crippen LogP contribution in [0.5, 0.6) is 11.5 Å². The van der Waals surface area contributed by atoms with Crippen molar-refractivity contribution < 1.29 is 14.3 Å². The number of rotatable bonds is 5. The lowest BCUT2D eigenvalue weighted by molar-refractivity contribution is -0.112. The number of amides is 1. The number of nitrogens with two attached hydrogens (primary N) is 1. The van der Waals surface area contributed by atoms with Crippen LogP contribution >= 0.6 is 0 Å². The highest BCUT2D eigenvalue weighted by Gasteiger charge is 2.19. The lowest BCUT2D eigenvalue weighted by atomic mass is 10.1. The SMILES string of the molecule is N#C/C(=C/N1CCN(Cc2ccc3c(c2)OCO3)CC1)C(=O)Nc1ccc(N)cc1. The lowest BCUT2D eigenvalue weighted by Crippen LogP contribution is -2.43. The Morgan fingerprint density at radius 2 is 1.83 bits per heavy atom. The third-order valence-corrected chi connectivity index (χ3v) is 5.10. The lowest BCUT2D eigenvalue weighted by Gasteiger charge is -2.34. The van der Waals surface area contributed by atoms with Gasteiger partial charge in [-0.3, -0.25) is 9.69 Å². The van der Waals surface area contributed by atoms with E-state index in [0.29, 0.717) is 11.4 Å². The molecule has 1 saturated heterocycles. The van der Waals surface area contributed by atoms with Gasteiger partial charge in [0.2, 0.25) is 6.79 Å². The fourth-order valence-corrected chi connectivity index (χ4v) is 3.43. The molecule has 2 aliphatic rings. The predicted molar refractivity (Wildman–Crippen MR) is 113 cm³/mol. The number of carbonyl (C=O) groups is 1. The van der Waals surface area contributed by atoms with Crippen LogP contribution in [0.3, 0.4) is 0 Å². The van der Waals surface area contributed by atoms with Gasteiger partial charge in [0.25, 0.3) is 5.91 Å². The largest absolute Gasteiger partial charge is 0.454 e. The average molecular weight is 405 g/mol. The molecule has 4 rings (SSSR count). The van der Waals surface area contributed by atoms with Crippen LogP contribution in [0.2, 0.25) is 0 Å². The van der Waals surface area contributed by atoms with Crippen LogP contribution in [0.1, 0.15) is 5.56 Å². The van der Waals surface area contributed by atoms with Crippen LogP contribution in [0, 0.1) is 11.3 Å². The van der Waals surface area contributed by atoms with Crippen molar-refractivity contribution in [2.45, 2.75) is 6.54 Å². The number of anilines is 2. The molecular formula is C22H23N5O3. The van der Waals surface area contributed by atoms with Gasteiger partial charge in [-0.15, -0.1) is 0 Å². The monoisotopic (exact) mass is 405 g/mol. The van der Waals surface area contributed by atoms with E-state index >= 15 is 0 Å².